The monoisotopic (exact) mass is 387 g/mol. The Kier molecular flexibility index (Phi) is 5.96. The summed E-state index contributed by atoms with van der Waals surface area (Å²) < 4.78 is 0. The SMILES string of the molecule is CCN1C(=O)C(CC(=O)Nc2ccccc2)SC1=Nc1ccc(Cl)cc1. The molecule has 1 atom stereocenters. The number of carbonyl (C=O) groups is 2. The minimum atomic E-state index is -0.468. The topological polar surface area (TPSA) is 61.8 Å². The first-order chi connectivity index (χ1) is 12.6. The molecule has 1 aliphatic rings. The van der Waals surface area contributed by atoms with Gasteiger partial charge >= 0.3 is 0 Å². The molecule has 0 saturated carbocycles. The molecule has 2 amide bonds. The van der Waals surface area contributed by atoms with E-state index in [1.54, 1.807) is 29.2 Å². The number of anilines is 1. The summed E-state index contributed by atoms with van der Waals surface area (Å²) in [5.74, 6) is -0.278. The molecule has 1 saturated heterocycles. The molecule has 1 heterocycles. The van der Waals surface area contributed by atoms with E-state index in [2.05, 4.69) is 10.3 Å². The zero-order valence-electron chi connectivity index (χ0n) is 14.2. The maximum atomic E-state index is 12.6. The fourth-order valence-electron chi connectivity index (χ4n) is 2.54. The third kappa shape index (κ3) is 4.45. The predicted molar refractivity (Wildman–Crippen MR) is 107 cm³/mol. The lowest BCUT2D eigenvalue weighted by Gasteiger charge is -2.13. The van der Waals surface area contributed by atoms with Crippen LogP contribution in [0.2, 0.25) is 5.02 Å². The van der Waals surface area contributed by atoms with E-state index < -0.39 is 5.25 Å². The van der Waals surface area contributed by atoms with Crippen LogP contribution >= 0.6 is 23.4 Å². The van der Waals surface area contributed by atoms with Gasteiger partial charge in [-0.25, -0.2) is 4.99 Å². The molecule has 1 N–H and O–H groups in total. The molecule has 1 fully saturated rings. The molecule has 0 spiro atoms. The van der Waals surface area contributed by atoms with Crippen molar-refractivity contribution >= 4 is 51.7 Å². The van der Waals surface area contributed by atoms with E-state index >= 15 is 0 Å². The second-order valence-electron chi connectivity index (χ2n) is 5.68. The molecule has 3 rings (SSSR count). The van der Waals surface area contributed by atoms with Crippen molar-refractivity contribution in [1.82, 2.24) is 4.90 Å². The number of para-hydroxylation sites is 1. The molecular formula is C19H18ClN3O2S. The summed E-state index contributed by atoms with van der Waals surface area (Å²) in [4.78, 5) is 31.0. The van der Waals surface area contributed by atoms with Crippen molar-refractivity contribution in [3.8, 4) is 0 Å². The van der Waals surface area contributed by atoms with Gasteiger partial charge in [0.05, 0.1) is 5.69 Å². The smallest absolute Gasteiger partial charge is 0.242 e. The number of nitrogens with one attached hydrogen (secondary N) is 1. The highest BCUT2D eigenvalue weighted by Crippen LogP contribution is 2.31. The summed E-state index contributed by atoms with van der Waals surface area (Å²) in [6, 6.07) is 16.3. The summed E-state index contributed by atoms with van der Waals surface area (Å²) in [6.45, 7) is 2.40. The van der Waals surface area contributed by atoms with Crippen LogP contribution in [0.4, 0.5) is 11.4 Å². The first kappa shape index (κ1) is 18.5. The Morgan fingerprint density at radius 2 is 1.88 bits per heavy atom. The zero-order chi connectivity index (χ0) is 18.5. The summed E-state index contributed by atoms with van der Waals surface area (Å²) in [7, 11) is 0. The van der Waals surface area contributed by atoms with Gasteiger partial charge < -0.3 is 5.32 Å². The van der Waals surface area contributed by atoms with E-state index in [-0.39, 0.29) is 18.2 Å². The van der Waals surface area contributed by atoms with Crippen LogP contribution in [-0.4, -0.2) is 33.7 Å². The number of hydrogen-bond acceptors (Lipinski definition) is 4. The van der Waals surface area contributed by atoms with Gasteiger partial charge in [0, 0.05) is 23.7 Å². The number of amidine groups is 1. The summed E-state index contributed by atoms with van der Waals surface area (Å²) in [5, 5.41) is 3.59. The minimum absolute atomic E-state index is 0.0894. The summed E-state index contributed by atoms with van der Waals surface area (Å²) >= 11 is 7.21. The number of rotatable bonds is 5. The van der Waals surface area contributed by atoms with E-state index in [1.165, 1.54) is 11.8 Å². The number of carbonyl (C=O) groups excluding carboxylic acids is 2. The number of aliphatic imine (C=N–C) groups is 1. The second-order valence-corrected chi connectivity index (χ2v) is 7.28. The van der Waals surface area contributed by atoms with Crippen molar-refractivity contribution in [3.63, 3.8) is 0 Å². The van der Waals surface area contributed by atoms with Gasteiger partial charge in [-0.15, -0.1) is 0 Å². The minimum Gasteiger partial charge on any atom is -0.326 e. The number of amides is 2. The Morgan fingerprint density at radius 3 is 2.54 bits per heavy atom. The average Bonchev–Trinajstić information content (AvgIpc) is 2.92. The van der Waals surface area contributed by atoms with E-state index in [0.717, 1.165) is 11.4 Å². The Bertz CT molecular complexity index is 824. The van der Waals surface area contributed by atoms with Crippen LogP contribution in [0.5, 0.6) is 0 Å². The van der Waals surface area contributed by atoms with Crippen molar-refractivity contribution < 1.29 is 9.59 Å². The largest absolute Gasteiger partial charge is 0.326 e. The van der Waals surface area contributed by atoms with E-state index in [4.69, 9.17) is 11.6 Å². The maximum Gasteiger partial charge on any atom is 0.242 e. The molecule has 1 unspecified atom stereocenters. The number of nitrogens with zero attached hydrogens (tertiary/aromatic N) is 2. The van der Waals surface area contributed by atoms with Gasteiger partial charge in [-0.1, -0.05) is 41.6 Å². The Hall–Kier alpha value is -2.31. The Labute approximate surface area is 161 Å². The molecule has 2 aromatic rings. The molecule has 1 aliphatic heterocycles. The number of hydrogen-bond donors (Lipinski definition) is 1. The molecule has 0 radical (unpaired) electrons. The molecule has 0 aromatic heterocycles. The Balaban J connectivity index is 1.70. The van der Waals surface area contributed by atoms with Gasteiger partial charge in [-0.2, -0.15) is 0 Å². The summed E-state index contributed by atoms with van der Waals surface area (Å²) in [5.41, 5.74) is 1.44. The highest BCUT2D eigenvalue weighted by atomic mass is 35.5. The quantitative estimate of drug-likeness (QED) is 0.831. The van der Waals surface area contributed by atoms with Gasteiger partial charge in [0.2, 0.25) is 11.8 Å². The molecule has 5 nitrogen and oxygen atoms in total. The third-order valence-corrected chi connectivity index (χ3v) is 5.24. The molecule has 7 heteroatoms. The maximum absolute atomic E-state index is 12.6. The van der Waals surface area contributed by atoms with Crippen LogP contribution in [0.15, 0.2) is 59.6 Å². The normalized spacial score (nSPS) is 18.4. The number of benzene rings is 2. The van der Waals surface area contributed by atoms with Gasteiger partial charge in [0.25, 0.3) is 0 Å². The number of halogens is 1. The van der Waals surface area contributed by atoms with Crippen molar-refractivity contribution in [3.05, 3.63) is 59.6 Å². The molecule has 26 heavy (non-hydrogen) atoms. The number of thioether (sulfide) groups is 1. The van der Waals surface area contributed by atoms with Gasteiger partial charge in [-0.3, -0.25) is 14.5 Å². The fraction of sp³-hybridized carbons (Fsp3) is 0.211. The van der Waals surface area contributed by atoms with Crippen LogP contribution in [-0.2, 0) is 9.59 Å². The van der Waals surface area contributed by atoms with Crippen LogP contribution in [0.25, 0.3) is 0 Å². The second kappa shape index (κ2) is 8.38. The van der Waals surface area contributed by atoms with Crippen molar-refractivity contribution in [2.75, 3.05) is 11.9 Å². The molecule has 0 aliphatic carbocycles. The predicted octanol–water partition coefficient (Wildman–Crippen LogP) is 4.32. The van der Waals surface area contributed by atoms with Crippen molar-refractivity contribution in [1.29, 1.82) is 0 Å². The summed E-state index contributed by atoms with van der Waals surface area (Å²) in [6.07, 6.45) is 0.106. The zero-order valence-corrected chi connectivity index (χ0v) is 15.8. The highest BCUT2D eigenvalue weighted by molar-refractivity contribution is 8.15. The van der Waals surface area contributed by atoms with E-state index in [9.17, 15) is 9.59 Å². The van der Waals surface area contributed by atoms with Gasteiger partial charge in [-0.05, 0) is 43.3 Å². The van der Waals surface area contributed by atoms with Gasteiger partial charge in [0.15, 0.2) is 5.17 Å². The molecule has 2 aromatic carbocycles. The first-order valence-corrected chi connectivity index (χ1v) is 9.49. The Morgan fingerprint density at radius 1 is 1.19 bits per heavy atom. The van der Waals surface area contributed by atoms with Crippen LogP contribution < -0.4 is 5.32 Å². The van der Waals surface area contributed by atoms with E-state index in [0.29, 0.717) is 16.7 Å². The van der Waals surface area contributed by atoms with Crippen LogP contribution in [0, 0.1) is 0 Å². The lowest BCUT2D eigenvalue weighted by Crippen LogP contribution is -2.33. The molecule has 134 valence electrons. The van der Waals surface area contributed by atoms with E-state index in [1.807, 2.05) is 37.3 Å². The third-order valence-electron chi connectivity index (χ3n) is 3.82. The fourth-order valence-corrected chi connectivity index (χ4v) is 3.89. The standard InChI is InChI=1S/C19H18ClN3O2S/c1-2-23-18(25)16(12-17(24)21-14-6-4-3-5-7-14)26-19(23)22-15-10-8-13(20)9-11-15/h3-11,16H,2,12H2,1H3,(H,21,24). The molecular weight excluding hydrogens is 370 g/mol. The lowest BCUT2D eigenvalue weighted by atomic mass is 10.2. The average molecular weight is 388 g/mol. The first-order valence-electron chi connectivity index (χ1n) is 8.24. The molecule has 0 bridgehead atoms. The van der Waals surface area contributed by atoms with Crippen molar-refractivity contribution in [2.24, 2.45) is 4.99 Å². The highest BCUT2D eigenvalue weighted by Gasteiger charge is 2.38. The van der Waals surface area contributed by atoms with Gasteiger partial charge in [0.1, 0.15) is 5.25 Å². The van der Waals surface area contributed by atoms with Crippen LogP contribution in [0.1, 0.15) is 13.3 Å². The van der Waals surface area contributed by atoms with Crippen LogP contribution in [0.3, 0.4) is 0 Å². The lowest BCUT2D eigenvalue weighted by molar-refractivity contribution is -0.128. The van der Waals surface area contributed by atoms with Crippen molar-refractivity contribution in [2.45, 2.75) is 18.6 Å².